The number of thiophene rings is 1. The predicted molar refractivity (Wildman–Crippen MR) is 158 cm³/mol. The normalized spacial score (nSPS) is 15.4. The fraction of sp³-hybridized carbons (Fsp3) is 0.0968. The number of hydrogen-bond acceptors (Lipinski definition) is 6. The van der Waals surface area contributed by atoms with Crippen molar-refractivity contribution in [3.63, 3.8) is 0 Å². The summed E-state index contributed by atoms with van der Waals surface area (Å²) >= 11 is 7.73. The molecule has 1 aliphatic heterocycles. The van der Waals surface area contributed by atoms with Crippen molar-refractivity contribution in [1.82, 2.24) is 9.13 Å². The molecule has 1 aliphatic carbocycles. The summed E-state index contributed by atoms with van der Waals surface area (Å²) in [5.74, 6) is -0.541. The molecule has 3 heterocycles. The zero-order valence-corrected chi connectivity index (χ0v) is 23.3. The second kappa shape index (κ2) is 9.15. The molecule has 0 fully saturated rings. The number of rotatable bonds is 3. The van der Waals surface area contributed by atoms with E-state index >= 15 is 0 Å². The average molecular weight is 583 g/mol. The van der Waals surface area contributed by atoms with Crippen molar-refractivity contribution < 1.29 is 19.6 Å². The molecule has 7 rings (SSSR count). The smallest absolute Gasteiger partial charge is 0.417 e. The van der Waals surface area contributed by atoms with Crippen molar-refractivity contribution in [3.05, 3.63) is 131 Å². The number of hydrogen-bond donors (Lipinski definition) is 2. The van der Waals surface area contributed by atoms with E-state index in [1.165, 1.54) is 23.0 Å². The summed E-state index contributed by atoms with van der Waals surface area (Å²) in [7, 11) is 3.03. The van der Waals surface area contributed by atoms with Crippen molar-refractivity contribution >= 4 is 56.3 Å². The number of carbonyl (C=O) groups is 1. The Morgan fingerprint density at radius 2 is 1.63 bits per heavy atom. The van der Waals surface area contributed by atoms with Gasteiger partial charge in [-0.15, -0.1) is 11.3 Å². The zero-order chi connectivity index (χ0) is 28.6. The summed E-state index contributed by atoms with van der Waals surface area (Å²) in [6, 6.07) is 21.7. The Balaban J connectivity index is 1.32. The Bertz CT molecular complexity index is 2140. The van der Waals surface area contributed by atoms with E-state index in [4.69, 9.17) is 16.3 Å². The number of halogens is 1. The van der Waals surface area contributed by atoms with E-state index in [1.807, 2.05) is 48.5 Å². The largest absolute Gasteiger partial charge is 0.507 e. The molecular formula is C31H21ClN3O5S+. The van der Waals surface area contributed by atoms with E-state index < -0.39 is 23.1 Å². The van der Waals surface area contributed by atoms with E-state index in [-0.39, 0.29) is 5.76 Å². The number of ether oxygens (including phenoxy) is 1. The lowest BCUT2D eigenvalue weighted by Gasteiger charge is -2.24. The molecule has 202 valence electrons. The van der Waals surface area contributed by atoms with Crippen LogP contribution in [0.5, 0.6) is 5.75 Å². The molecule has 2 N–H and O–H groups in total. The highest BCUT2D eigenvalue weighted by atomic mass is 35.5. The van der Waals surface area contributed by atoms with Crippen molar-refractivity contribution in [2.45, 2.75) is 5.92 Å². The molecule has 10 heteroatoms. The molecule has 0 saturated heterocycles. The summed E-state index contributed by atoms with van der Waals surface area (Å²) in [6.45, 7) is 0. The Kier molecular flexibility index (Phi) is 5.64. The van der Waals surface area contributed by atoms with E-state index in [2.05, 4.69) is 4.99 Å². The molecule has 0 radical (unpaired) electrons. The SMILES string of the molecule is Cn1c2c(c(=O)n(C)c1=O)C(c1ccc(OC(=O)c3sc4ccccc4c3Cl)cc1)C1=C(O)c3ccccc3C1=[NH+]2. The molecule has 5 aromatic rings. The maximum Gasteiger partial charge on any atom is 0.417 e. The highest BCUT2D eigenvalue weighted by Crippen LogP contribution is 2.44. The van der Waals surface area contributed by atoms with Crippen LogP contribution in [0.4, 0.5) is 5.82 Å². The number of esters is 1. The van der Waals surface area contributed by atoms with Crippen LogP contribution in [0, 0.1) is 0 Å². The first-order valence-electron chi connectivity index (χ1n) is 12.7. The summed E-state index contributed by atoms with van der Waals surface area (Å²) in [6.07, 6.45) is 0. The van der Waals surface area contributed by atoms with Crippen LogP contribution >= 0.6 is 22.9 Å². The maximum absolute atomic E-state index is 13.5. The van der Waals surface area contributed by atoms with Crippen LogP contribution in [0.2, 0.25) is 5.02 Å². The van der Waals surface area contributed by atoms with Gasteiger partial charge in [-0.25, -0.2) is 19.1 Å². The number of aliphatic hydroxyl groups is 1. The second-order valence-corrected chi connectivity index (χ2v) is 11.3. The maximum atomic E-state index is 13.5. The molecule has 8 nitrogen and oxygen atoms in total. The number of aliphatic hydroxyl groups excluding tert-OH is 1. The van der Waals surface area contributed by atoms with E-state index in [0.717, 1.165) is 20.2 Å². The third kappa shape index (κ3) is 3.66. The van der Waals surface area contributed by atoms with Gasteiger partial charge in [0.2, 0.25) is 0 Å². The van der Waals surface area contributed by atoms with Gasteiger partial charge in [0.25, 0.3) is 11.4 Å². The van der Waals surface area contributed by atoms with Gasteiger partial charge in [0.05, 0.1) is 23.6 Å². The number of nitrogens with one attached hydrogen (secondary N) is 1. The first kappa shape index (κ1) is 25.3. The van der Waals surface area contributed by atoms with Gasteiger partial charge < -0.3 is 9.84 Å². The molecule has 2 aliphatic rings. The molecule has 41 heavy (non-hydrogen) atoms. The van der Waals surface area contributed by atoms with Gasteiger partial charge >= 0.3 is 11.7 Å². The van der Waals surface area contributed by atoms with Gasteiger partial charge in [0.15, 0.2) is 0 Å². The first-order chi connectivity index (χ1) is 19.8. The Labute approximate surface area is 241 Å². The molecule has 3 aromatic carbocycles. The van der Waals surface area contributed by atoms with Crippen LogP contribution in [0.25, 0.3) is 15.8 Å². The standard InChI is InChI=1S/C31H20ClN3O5S/c1-34-28-23(29(37)35(2)31(34)39)21(22-25(33-28)17-7-3-4-8-18(17)26(22)36)15-11-13-16(14-12-15)40-30(38)27-24(32)19-9-5-6-10-20(19)41-27/h3-14,21,36H,1-2H3/p+1. The summed E-state index contributed by atoms with van der Waals surface area (Å²) in [4.78, 5) is 42.9. The van der Waals surface area contributed by atoms with Gasteiger partial charge in [0.1, 0.15) is 27.7 Å². The van der Waals surface area contributed by atoms with Crippen molar-refractivity contribution in [1.29, 1.82) is 0 Å². The van der Waals surface area contributed by atoms with Crippen molar-refractivity contribution in [3.8, 4) is 5.75 Å². The number of benzene rings is 3. The van der Waals surface area contributed by atoms with Gasteiger partial charge in [-0.1, -0.05) is 60.1 Å². The van der Waals surface area contributed by atoms with Gasteiger partial charge in [-0.05, 0) is 29.8 Å². The fourth-order valence-corrected chi connectivity index (χ4v) is 7.02. The molecule has 1 atom stereocenters. The topological polar surface area (TPSA) is 105 Å². The third-order valence-corrected chi connectivity index (χ3v) is 9.30. The molecule has 0 saturated carbocycles. The number of nitrogens with zero attached hydrogens (tertiary/aromatic N) is 2. The van der Waals surface area contributed by atoms with Crippen LogP contribution < -0.4 is 21.0 Å². The van der Waals surface area contributed by atoms with Crippen LogP contribution in [0.15, 0.2) is 88.0 Å². The summed E-state index contributed by atoms with van der Waals surface area (Å²) < 4.78 is 9.00. The number of allylic oxidation sites excluding steroid dienone is 1. The van der Waals surface area contributed by atoms with Crippen molar-refractivity contribution in [2.75, 3.05) is 0 Å². The van der Waals surface area contributed by atoms with Gasteiger partial charge in [-0.3, -0.25) is 4.79 Å². The highest BCUT2D eigenvalue weighted by molar-refractivity contribution is 7.21. The molecule has 0 spiro atoms. The number of fused-ring (bicyclic) bond motifs is 5. The lowest BCUT2D eigenvalue weighted by molar-refractivity contribution is -0.364. The Hall–Kier alpha value is -4.73. The van der Waals surface area contributed by atoms with Gasteiger partial charge in [-0.2, -0.15) is 4.57 Å². The minimum Gasteiger partial charge on any atom is -0.507 e. The fourth-order valence-electron chi connectivity index (χ4n) is 5.64. The predicted octanol–water partition coefficient (Wildman–Crippen LogP) is 3.80. The lowest BCUT2D eigenvalue weighted by atomic mass is 9.81. The minimum atomic E-state index is -0.694. The number of aromatic nitrogens is 2. The lowest BCUT2D eigenvalue weighted by Crippen LogP contribution is -2.73. The minimum absolute atomic E-state index is 0.0598. The van der Waals surface area contributed by atoms with Gasteiger partial charge in [0, 0.05) is 28.3 Å². The second-order valence-electron chi connectivity index (χ2n) is 9.91. The Morgan fingerprint density at radius 3 is 2.37 bits per heavy atom. The first-order valence-corrected chi connectivity index (χ1v) is 13.9. The monoisotopic (exact) mass is 582 g/mol. The highest BCUT2D eigenvalue weighted by Gasteiger charge is 2.44. The summed E-state index contributed by atoms with van der Waals surface area (Å²) in [5, 5.41) is 12.5. The van der Waals surface area contributed by atoms with E-state index in [0.29, 0.717) is 49.4 Å². The van der Waals surface area contributed by atoms with Crippen LogP contribution in [0.1, 0.15) is 37.8 Å². The van der Waals surface area contributed by atoms with E-state index in [1.54, 1.807) is 31.3 Å². The van der Waals surface area contributed by atoms with Crippen LogP contribution in [-0.2, 0) is 14.1 Å². The molecule has 1 unspecified atom stereocenters. The average Bonchev–Trinajstić information content (AvgIpc) is 3.48. The number of carbonyl (C=O) groups excluding carboxylic acids is 1. The molecular weight excluding hydrogens is 562 g/mol. The third-order valence-electron chi connectivity index (χ3n) is 7.64. The van der Waals surface area contributed by atoms with Crippen molar-refractivity contribution in [2.24, 2.45) is 14.1 Å². The van der Waals surface area contributed by atoms with E-state index in [9.17, 15) is 19.5 Å². The molecule has 0 bridgehead atoms. The summed E-state index contributed by atoms with van der Waals surface area (Å²) in [5.41, 5.74) is 2.65. The quantitative estimate of drug-likeness (QED) is 0.249. The zero-order valence-electron chi connectivity index (χ0n) is 21.8. The molecule has 0 amide bonds. The Morgan fingerprint density at radius 1 is 0.951 bits per heavy atom. The van der Waals surface area contributed by atoms with Crippen LogP contribution in [0.3, 0.4) is 0 Å². The van der Waals surface area contributed by atoms with Crippen LogP contribution in [-0.4, -0.2) is 25.9 Å². The molecule has 2 aromatic heterocycles.